The van der Waals surface area contributed by atoms with Crippen molar-refractivity contribution in [3.8, 4) is 11.5 Å². The molecule has 4 aromatic rings. The van der Waals surface area contributed by atoms with Gasteiger partial charge in [-0.05, 0) is 49.4 Å². The SMILES string of the molecule is CC(=O)N1CCN(c2cccc(Nc3nccc(Nc4ccnc(-c5cccc(C)n5)n4)n3)c2)CC1. The maximum Gasteiger partial charge on any atom is 0.229 e. The molecule has 1 saturated heterocycles. The maximum atomic E-state index is 11.6. The van der Waals surface area contributed by atoms with Crippen molar-refractivity contribution in [2.75, 3.05) is 41.7 Å². The molecule has 0 unspecified atom stereocenters. The second-order valence-corrected chi connectivity index (χ2v) is 8.49. The van der Waals surface area contributed by atoms with E-state index in [1.54, 1.807) is 31.5 Å². The molecular weight excluding hydrogens is 454 g/mol. The third kappa shape index (κ3) is 5.54. The van der Waals surface area contributed by atoms with E-state index < -0.39 is 0 Å². The van der Waals surface area contributed by atoms with Crippen molar-refractivity contribution in [2.24, 2.45) is 0 Å². The predicted octanol–water partition coefficient (Wildman–Crippen LogP) is 3.79. The summed E-state index contributed by atoms with van der Waals surface area (Å²) in [5, 5.41) is 6.50. The first-order valence-corrected chi connectivity index (χ1v) is 11.8. The van der Waals surface area contributed by atoms with E-state index >= 15 is 0 Å². The van der Waals surface area contributed by atoms with Crippen molar-refractivity contribution in [1.82, 2.24) is 29.8 Å². The Labute approximate surface area is 209 Å². The topological polar surface area (TPSA) is 112 Å². The second kappa shape index (κ2) is 10.3. The maximum absolute atomic E-state index is 11.6. The molecule has 1 amide bonds. The van der Waals surface area contributed by atoms with Gasteiger partial charge in [-0.15, -0.1) is 0 Å². The lowest BCUT2D eigenvalue weighted by molar-refractivity contribution is -0.129. The lowest BCUT2D eigenvalue weighted by Gasteiger charge is -2.35. The number of piperazine rings is 1. The highest BCUT2D eigenvalue weighted by molar-refractivity contribution is 5.73. The molecular formula is C26H27N9O. The zero-order valence-electron chi connectivity index (χ0n) is 20.2. The largest absolute Gasteiger partial charge is 0.368 e. The lowest BCUT2D eigenvalue weighted by atomic mass is 10.2. The summed E-state index contributed by atoms with van der Waals surface area (Å²) in [4.78, 5) is 38.1. The first kappa shape index (κ1) is 23.2. The number of rotatable bonds is 6. The van der Waals surface area contributed by atoms with Gasteiger partial charge in [-0.3, -0.25) is 4.79 Å². The standard InChI is InChI=1S/C26H27N9O/c1-18-5-3-8-22(29-18)25-27-11-9-23(32-25)31-24-10-12-28-26(33-24)30-20-6-4-7-21(17-20)35-15-13-34(14-16-35)19(2)36/h3-12,17H,13-16H2,1-2H3,(H2,27,28,30,31,32,33). The fraction of sp³-hybridized carbons (Fsp3) is 0.231. The summed E-state index contributed by atoms with van der Waals surface area (Å²) in [5.41, 5.74) is 3.60. The molecule has 1 aliphatic heterocycles. The fourth-order valence-electron chi connectivity index (χ4n) is 4.03. The highest BCUT2D eigenvalue weighted by Gasteiger charge is 2.19. The smallest absolute Gasteiger partial charge is 0.229 e. The third-order valence-electron chi connectivity index (χ3n) is 5.88. The summed E-state index contributed by atoms with van der Waals surface area (Å²) >= 11 is 0. The number of amides is 1. The molecule has 0 spiro atoms. The quantitative estimate of drug-likeness (QED) is 0.425. The molecule has 1 aromatic carbocycles. The average Bonchev–Trinajstić information content (AvgIpc) is 2.89. The number of carbonyl (C=O) groups excluding carboxylic acids is 1. The van der Waals surface area contributed by atoms with E-state index in [-0.39, 0.29) is 5.91 Å². The third-order valence-corrected chi connectivity index (χ3v) is 5.88. The summed E-state index contributed by atoms with van der Waals surface area (Å²) in [7, 11) is 0. The van der Waals surface area contributed by atoms with Crippen LogP contribution in [-0.2, 0) is 4.79 Å². The highest BCUT2D eigenvalue weighted by Crippen LogP contribution is 2.24. The van der Waals surface area contributed by atoms with Crippen molar-refractivity contribution < 1.29 is 4.79 Å². The van der Waals surface area contributed by atoms with Gasteiger partial charge in [0.25, 0.3) is 0 Å². The Morgan fingerprint density at radius 1 is 0.833 bits per heavy atom. The minimum absolute atomic E-state index is 0.126. The van der Waals surface area contributed by atoms with Crippen molar-refractivity contribution in [2.45, 2.75) is 13.8 Å². The van der Waals surface area contributed by atoms with Crippen molar-refractivity contribution in [3.05, 3.63) is 72.7 Å². The summed E-state index contributed by atoms with van der Waals surface area (Å²) in [6.07, 6.45) is 3.38. The van der Waals surface area contributed by atoms with Crippen LogP contribution < -0.4 is 15.5 Å². The van der Waals surface area contributed by atoms with Crippen molar-refractivity contribution in [3.63, 3.8) is 0 Å². The number of hydrogen-bond acceptors (Lipinski definition) is 9. The molecule has 0 aliphatic carbocycles. The summed E-state index contributed by atoms with van der Waals surface area (Å²) in [6.45, 7) is 6.62. The molecule has 1 aliphatic rings. The number of nitrogens with one attached hydrogen (secondary N) is 2. The normalized spacial score (nSPS) is 13.4. The van der Waals surface area contributed by atoms with Crippen molar-refractivity contribution in [1.29, 1.82) is 0 Å². The molecule has 0 bridgehead atoms. The second-order valence-electron chi connectivity index (χ2n) is 8.49. The number of carbonyl (C=O) groups is 1. The van der Waals surface area contributed by atoms with Crippen LogP contribution in [0.2, 0.25) is 0 Å². The van der Waals surface area contributed by atoms with Crippen LogP contribution in [0.15, 0.2) is 67.0 Å². The highest BCUT2D eigenvalue weighted by atomic mass is 16.2. The van der Waals surface area contributed by atoms with Gasteiger partial charge in [0, 0.05) is 62.6 Å². The Morgan fingerprint density at radius 2 is 1.58 bits per heavy atom. The molecule has 0 radical (unpaired) electrons. The van der Waals surface area contributed by atoms with E-state index in [2.05, 4.69) is 52.6 Å². The molecule has 4 heterocycles. The van der Waals surface area contributed by atoms with Gasteiger partial charge in [0.2, 0.25) is 11.9 Å². The number of anilines is 5. The van der Waals surface area contributed by atoms with Gasteiger partial charge in [0.1, 0.15) is 17.3 Å². The Bertz CT molecular complexity index is 1370. The van der Waals surface area contributed by atoms with Gasteiger partial charge in [0.05, 0.1) is 0 Å². The molecule has 0 saturated carbocycles. The summed E-state index contributed by atoms with van der Waals surface area (Å²) < 4.78 is 0. The van der Waals surface area contributed by atoms with Crippen LogP contribution in [0.25, 0.3) is 11.5 Å². The molecule has 36 heavy (non-hydrogen) atoms. The van der Waals surface area contributed by atoms with E-state index in [1.165, 1.54) is 0 Å². The fourth-order valence-corrected chi connectivity index (χ4v) is 4.03. The minimum atomic E-state index is 0.126. The molecule has 1 fully saturated rings. The van der Waals surface area contributed by atoms with E-state index in [0.717, 1.165) is 43.2 Å². The van der Waals surface area contributed by atoms with E-state index in [4.69, 9.17) is 0 Å². The van der Waals surface area contributed by atoms with Gasteiger partial charge in [-0.2, -0.15) is 4.98 Å². The molecule has 0 atom stereocenters. The van der Waals surface area contributed by atoms with Crippen molar-refractivity contribution >= 4 is 34.9 Å². The number of pyridine rings is 1. The van der Waals surface area contributed by atoms with Crippen LogP contribution in [0.5, 0.6) is 0 Å². The van der Waals surface area contributed by atoms with E-state index in [9.17, 15) is 4.79 Å². The number of aryl methyl sites for hydroxylation is 1. The molecule has 10 nitrogen and oxygen atoms in total. The summed E-state index contributed by atoms with van der Waals surface area (Å²) in [6, 6.07) is 17.4. The van der Waals surface area contributed by atoms with Crippen LogP contribution in [0, 0.1) is 6.92 Å². The van der Waals surface area contributed by atoms with Crippen LogP contribution in [0.1, 0.15) is 12.6 Å². The molecule has 2 N–H and O–H groups in total. The van der Waals surface area contributed by atoms with Gasteiger partial charge < -0.3 is 20.4 Å². The van der Waals surface area contributed by atoms with Crippen LogP contribution >= 0.6 is 0 Å². The first-order chi connectivity index (χ1) is 17.5. The van der Waals surface area contributed by atoms with E-state index in [0.29, 0.717) is 29.1 Å². The molecule has 3 aromatic heterocycles. The number of benzene rings is 1. The molecule has 10 heteroatoms. The Morgan fingerprint density at radius 3 is 2.36 bits per heavy atom. The minimum Gasteiger partial charge on any atom is -0.368 e. The van der Waals surface area contributed by atoms with Gasteiger partial charge >= 0.3 is 0 Å². The number of nitrogens with zero attached hydrogens (tertiary/aromatic N) is 7. The number of aromatic nitrogens is 5. The zero-order valence-corrected chi connectivity index (χ0v) is 20.2. The average molecular weight is 482 g/mol. The number of hydrogen-bond donors (Lipinski definition) is 2. The van der Waals surface area contributed by atoms with Crippen LogP contribution in [0.4, 0.5) is 29.0 Å². The van der Waals surface area contributed by atoms with Gasteiger partial charge in [-0.1, -0.05) is 12.1 Å². The van der Waals surface area contributed by atoms with Gasteiger partial charge in [0.15, 0.2) is 5.82 Å². The van der Waals surface area contributed by atoms with Crippen LogP contribution in [-0.4, -0.2) is 61.9 Å². The van der Waals surface area contributed by atoms with E-state index in [1.807, 2.05) is 42.2 Å². The van der Waals surface area contributed by atoms with Gasteiger partial charge in [-0.25, -0.2) is 19.9 Å². The lowest BCUT2D eigenvalue weighted by Crippen LogP contribution is -2.48. The first-order valence-electron chi connectivity index (χ1n) is 11.8. The molecule has 182 valence electrons. The van der Waals surface area contributed by atoms with Crippen LogP contribution in [0.3, 0.4) is 0 Å². The predicted molar refractivity (Wildman–Crippen MR) is 140 cm³/mol. The zero-order chi connectivity index (χ0) is 24.9. The monoisotopic (exact) mass is 481 g/mol. The Hall–Kier alpha value is -4.60. The summed E-state index contributed by atoms with van der Waals surface area (Å²) in [5.74, 6) is 2.34. The Kier molecular flexibility index (Phi) is 6.65. The molecule has 5 rings (SSSR count). The Balaban J connectivity index is 1.27.